The molecule has 0 saturated heterocycles. The minimum Gasteiger partial charge on any atom is -0.484 e. The summed E-state index contributed by atoms with van der Waals surface area (Å²) in [6.07, 6.45) is 3.52. The summed E-state index contributed by atoms with van der Waals surface area (Å²) in [5.74, 6) is 2.38. The maximum atomic E-state index is 13.3. The van der Waals surface area contributed by atoms with Crippen molar-refractivity contribution in [3.05, 3.63) is 59.4 Å². The van der Waals surface area contributed by atoms with Gasteiger partial charge < -0.3 is 19.5 Å². The van der Waals surface area contributed by atoms with E-state index in [1.807, 2.05) is 29.2 Å². The lowest BCUT2D eigenvalue weighted by Crippen LogP contribution is -2.39. The van der Waals surface area contributed by atoms with E-state index in [4.69, 9.17) is 21.3 Å². The van der Waals surface area contributed by atoms with Gasteiger partial charge in [-0.1, -0.05) is 57.8 Å². The molecule has 0 atom stereocenters. The van der Waals surface area contributed by atoms with E-state index in [0.717, 1.165) is 55.6 Å². The quantitative estimate of drug-likeness (QED) is 0.249. The van der Waals surface area contributed by atoms with Crippen molar-refractivity contribution in [1.82, 2.24) is 19.8 Å². The van der Waals surface area contributed by atoms with E-state index in [1.165, 1.54) is 0 Å². The fourth-order valence-corrected chi connectivity index (χ4v) is 4.56. The van der Waals surface area contributed by atoms with Gasteiger partial charge >= 0.3 is 0 Å². The van der Waals surface area contributed by atoms with Crippen molar-refractivity contribution in [3.63, 3.8) is 0 Å². The molecule has 0 aliphatic rings. The molecular formula is C30H41ClN4O3. The molecule has 2 amide bonds. The lowest BCUT2D eigenvalue weighted by Gasteiger charge is -2.27. The number of amides is 2. The monoisotopic (exact) mass is 540 g/mol. The Morgan fingerprint density at radius 2 is 1.66 bits per heavy atom. The second-order valence-corrected chi connectivity index (χ2v) is 11.0. The van der Waals surface area contributed by atoms with Crippen molar-refractivity contribution in [2.24, 2.45) is 11.8 Å². The molecule has 1 aromatic heterocycles. The molecule has 0 radical (unpaired) electrons. The highest BCUT2D eigenvalue weighted by Crippen LogP contribution is 2.19. The Morgan fingerprint density at radius 1 is 0.974 bits per heavy atom. The number of para-hydroxylation sites is 2. The molecule has 206 valence electrons. The maximum absolute atomic E-state index is 13.3. The zero-order valence-electron chi connectivity index (χ0n) is 23.1. The second kappa shape index (κ2) is 14.8. The number of hydrogen-bond donors (Lipinski definition) is 1. The van der Waals surface area contributed by atoms with Gasteiger partial charge in [-0.05, 0) is 61.1 Å². The fraction of sp³-hybridized carbons (Fsp3) is 0.500. The van der Waals surface area contributed by atoms with E-state index in [-0.39, 0.29) is 18.4 Å². The Kier molecular flexibility index (Phi) is 11.5. The molecule has 0 fully saturated rings. The Balaban J connectivity index is 1.49. The smallest absolute Gasteiger partial charge is 0.257 e. The highest BCUT2D eigenvalue weighted by Gasteiger charge is 2.20. The zero-order chi connectivity index (χ0) is 27.5. The molecule has 7 nitrogen and oxygen atoms in total. The van der Waals surface area contributed by atoms with Gasteiger partial charge in [-0.15, -0.1) is 0 Å². The third-order valence-electron chi connectivity index (χ3n) is 6.13. The number of fused-ring (bicyclic) bond motifs is 1. The van der Waals surface area contributed by atoms with Crippen LogP contribution in [0.1, 0.15) is 52.8 Å². The number of ether oxygens (including phenoxy) is 1. The van der Waals surface area contributed by atoms with Crippen LogP contribution in [0.2, 0.25) is 5.02 Å². The number of benzene rings is 2. The number of nitrogens with one attached hydrogen (secondary N) is 1. The molecule has 3 rings (SSSR count). The number of halogens is 1. The topological polar surface area (TPSA) is 76.5 Å². The van der Waals surface area contributed by atoms with Gasteiger partial charge in [0.2, 0.25) is 5.91 Å². The number of unbranched alkanes of at least 4 members (excludes halogenated alkanes) is 2. The van der Waals surface area contributed by atoms with Crippen LogP contribution in [-0.4, -0.2) is 52.5 Å². The van der Waals surface area contributed by atoms with Gasteiger partial charge in [0.15, 0.2) is 6.61 Å². The van der Waals surface area contributed by atoms with Crippen LogP contribution in [0, 0.1) is 11.8 Å². The number of aromatic nitrogens is 2. The van der Waals surface area contributed by atoms with Crippen molar-refractivity contribution in [1.29, 1.82) is 0 Å². The first-order chi connectivity index (χ1) is 18.2. The van der Waals surface area contributed by atoms with E-state index in [1.54, 1.807) is 24.3 Å². The van der Waals surface area contributed by atoms with Crippen molar-refractivity contribution >= 4 is 34.4 Å². The van der Waals surface area contributed by atoms with E-state index in [0.29, 0.717) is 35.7 Å². The molecule has 3 aromatic rings. The van der Waals surface area contributed by atoms with Crippen molar-refractivity contribution < 1.29 is 14.3 Å². The first-order valence-electron chi connectivity index (χ1n) is 13.6. The average Bonchev–Trinajstić information content (AvgIpc) is 3.21. The molecular weight excluding hydrogens is 500 g/mol. The van der Waals surface area contributed by atoms with Crippen molar-refractivity contribution in [2.45, 2.75) is 59.9 Å². The van der Waals surface area contributed by atoms with Gasteiger partial charge in [0.05, 0.1) is 11.0 Å². The number of carbonyl (C=O) groups is 2. The molecule has 0 saturated carbocycles. The minimum absolute atomic E-state index is 0.0235. The first kappa shape index (κ1) is 29.5. The van der Waals surface area contributed by atoms with Crippen LogP contribution < -0.4 is 10.1 Å². The molecule has 2 aromatic carbocycles. The Bertz CT molecular complexity index is 1160. The number of hydrogen-bond acceptors (Lipinski definition) is 4. The fourth-order valence-electron chi connectivity index (χ4n) is 4.43. The maximum Gasteiger partial charge on any atom is 0.257 e. The lowest BCUT2D eigenvalue weighted by molar-refractivity contribution is -0.133. The number of rotatable bonds is 15. The minimum atomic E-state index is -0.146. The summed E-state index contributed by atoms with van der Waals surface area (Å²) in [7, 11) is 0. The Hall–Kier alpha value is -3.06. The van der Waals surface area contributed by atoms with Crippen LogP contribution in [0.3, 0.4) is 0 Å². The van der Waals surface area contributed by atoms with Crippen LogP contribution in [0.15, 0.2) is 48.5 Å². The summed E-state index contributed by atoms with van der Waals surface area (Å²) in [6.45, 7) is 11.0. The SMILES string of the molecule is CC(C)CN(CC(C)C)C(=O)Cn1c(CCCCCNC(=O)COc2ccc(Cl)cc2)nc2ccccc21. The van der Waals surface area contributed by atoms with E-state index < -0.39 is 0 Å². The average molecular weight is 541 g/mol. The summed E-state index contributed by atoms with van der Waals surface area (Å²) in [5, 5.41) is 3.53. The normalized spacial score (nSPS) is 11.3. The molecule has 1 heterocycles. The van der Waals surface area contributed by atoms with Crippen LogP contribution in [0.25, 0.3) is 11.0 Å². The summed E-state index contributed by atoms with van der Waals surface area (Å²) in [5.41, 5.74) is 1.92. The van der Waals surface area contributed by atoms with Gasteiger partial charge in [0.25, 0.3) is 5.91 Å². The molecule has 1 N–H and O–H groups in total. The number of imidazole rings is 1. The van der Waals surface area contributed by atoms with Gasteiger partial charge in [0, 0.05) is 31.1 Å². The van der Waals surface area contributed by atoms with E-state index >= 15 is 0 Å². The van der Waals surface area contributed by atoms with Gasteiger partial charge in [-0.25, -0.2) is 4.98 Å². The molecule has 0 aliphatic carbocycles. The van der Waals surface area contributed by atoms with Crippen LogP contribution in [0.5, 0.6) is 5.75 Å². The van der Waals surface area contributed by atoms with E-state index in [9.17, 15) is 9.59 Å². The summed E-state index contributed by atoms with van der Waals surface area (Å²) in [4.78, 5) is 32.2. The number of carbonyl (C=O) groups excluding carboxylic acids is 2. The summed E-state index contributed by atoms with van der Waals surface area (Å²) < 4.78 is 7.56. The zero-order valence-corrected chi connectivity index (χ0v) is 23.8. The molecule has 8 heteroatoms. The predicted octanol–water partition coefficient (Wildman–Crippen LogP) is 5.74. The summed E-state index contributed by atoms with van der Waals surface area (Å²) >= 11 is 5.86. The van der Waals surface area contributed by atoms with Crippen LogP contribution in [-0.2, 0) is 22.6 Å². The summed E-state index contributed by atoms with van der Waals surface area (Å²) in [6, 6.07) is 14.9. The largest absolute Gasteiger partial charge is 0.484 e. The molecule has 38 heavy (non-hydrogen) atoms. The number of nitrogens with zero attached hydrogens (tertiary/aromatic N) is 3. The highest BCUT2D eigenvalue weighted by atomic mass is 35.5. The van der Waals surface area contributed by atoms with Crippen molar-refractivity contribution in [3.8, 4) is 5.75 Å². The third kappa shape index (κ3) is 9.35. The van der Waals surface area contributed by atoms with Crippen LogP contribution in [0.4, 0.5) is 0 Å². The van der Waals surface area contributed by atoms with Crippen LogP contribution >= 0.6 is 11.6 Å². The molecule has 0 unspecified atom stereocenters. The lowest BCUT2D eigenvalue weighted by atomic mass is 10.1. The number of aryl methyl sites for hydroxylation is 1. The van der Waals surface area contributed by atoms with Crippen molar-refractivity contribution in [2.75, 3.05) is 26.2 Å². The molecule has 0 aliphatic heterocycles. The Morgan fingerprint density at radius 3 is 2.34 bits per heavy atom. The standard InChI is InChI=1S/C30H41ClN4O3/c1-22(2)18-34(19-23(3)4)30(37)20-35-27-11-8-7-10-26(27)33-28(35)12-6-5-9-17-32-29(36)21-38-25-15-13-24(31)14-16-25/h7-8,10-11,13-16,22-23H,5-6,9,12,17-21H2,1-4H3,(H,32,36). The van der Waals surface area contributed by atoms with Gasteiger partial charge in [-0.2, -0.15) is 0 Å². The Labute approximate surface area is 231 Å². The third-order valence-corrected chi connectivity index (χ3v) is 6.39. The van der Waals surface area contributed by atoms with E-state index in [2.05, 4.69) is 37.6 Å². The molecule has 0 bridgehead atoms. The highest BCUT2D eigenvalue weighted by molar-refractivity contribution is 6.30. The first-order valence-corrected chi connectivity index (χ1v) is 14.0. The second-order valence-electron chi connectivity index (χ2n) is 10.6. The molecule has 0 spiro atoms. The van der Waals surface area contributed by atoms with Gasteiger partial charge in [-0.3, -0.25) is 9.59 Å². The van der Waals surface area contributed by atoms with Gasteiger partial charge in [0.1, 0.15) is 18.1 Å². The predicted molar refractivity (Wildman–Crippen MR) is 154 cm³/mol.